The van der Waals surface area contributed by atoms with Crippen LogP contribution in [0, 0.1) is 0 Å². The van der Waals surface area contributed by atoms with E-state index in [0.29, 0.717) is 30.1 Å². The number of amides is 2. The van der Waals surface area contributed by atoms with Crippen molar-refractivity contribution in [3.05, 3.63) is 48.5 Å². The van der Waals surface area contributed by atoms with E-state index in [4.69, 9.17) is 4.74 Å². The minimum absolute atomic E-state index is 0.0428. The number of nitrogens with one attached hydrogen (secondary N) is 1. The second-order valence-corrected chi connectivity index (χ2v) is 8.57. The first-order valence-corrected chi connectivity index (χ1v) is 10.6. The zero-order valence-corrected chi connectivity index (χ0v) is 16.4. The number of nitrogens with zero attached hydrogens (tertiary/aromatic N) is 1. The number of rotatable bonds is 7. The van der Waals surface area contributed by atoms with Crippen LogP contribution in [0.3, 0.4) is 0 Å². The predicted molar refractivity (Wildman–Crippen MR) is 106 cm³/mol. The molecule has 7 nitrogen and oxygen atoms in total. The highest BCUT2D eigenvalue weighted by molar-refractivity contribution is 7.91. The van der Waals surface area contributed by atoms with Crippen LogP contribution in [0.4, 0.5) is 11.4 Å². The molecule has 148 valence electrons. The molecule has 0 unspecified atom stereocenters. The number of hydrogen-bond acceptors (Lipinski definition) is 5. The van der Waals surface area contributed by atoms with Gasteiger partial charge in [-0.2, -0.15) is 0 Å². The molecule has 0 saturated carbocycles. The molecule has 1 aliphatic heterocycles. The Kier molecular flexibility index (Phi) is 5.99. The van der Waals surface area contributed by atoms with Gasteiger partial charge in [0, 0.05) is 31.1 Å². The fourth-order valence-electron chi connectivity index (χ4n) is 3.08. The van der Waals surface area contributed by atoms with Gasteiger partial charge in [-0.3, -0.25) is 9.59 Å². The molecule has 28 heavy (non-hydrogen) atoms. The summed E-state index contributed by atoms with van der Waals surface area (Å²) in [5.74, 6) is -0.168. The van der Waals surface area contributed by atoms with Crippen molar-refractivity contribution < 1.29 is 22.7 Å². The molecule has 0 bridgehead atoms. The van der Waals surface area contributed by atoms with Gasteiger partial charge in [-0.25, -0.2) is 8.42 Å². The van der Waals surface area contributed by atoms with E-state index in [9.17, 15) is 18.0 Å². The maximum absolute atomic E-state index is 12.3. The number of ether oxygens (including phenoxy) is 1. The van der Waals surface area contributed by atoms with Gasteiger partial charge in [0.1, 0.15) is 5.75 Å². The van der Waals surface area contributed by atoms with Gasteiger partial charge >= 0.3 is 0 Å². The van der Waals surface area contributed by atoms with Crippen LogP contribution >= 0.6 is 0 Å². The van der Waals surface area contributed by atoms with Gasteiger partial charge in [0.25, 0.3) is 0 Å². The molecule has 0 aliphatic carbocycles. The molecule has 2 amide bonds. The fourth-order valence-corrected chi connectivity index (χ4v) is 4.34. The molecule has 2 aromatic rings. The molecular weight excluding hydrogens is 380 g/mol. The van der Waals surface area contributed by atoms with E-state index in [0.717, 1.165) is 6.42 Å². The van der Waals surface area contributed by atoms with Gasteiger partial charge in [-0.15, -0.1) is 0 Å². The molecule has 3 rings (SSSR count). The van der Waals surface area contributed by atoms with E-state index in [1.165, 1.54) is 19.2 Å². The molecule has 8 heteroatoms. The van der Waals surface area contributed by atoms with Crippen LogP contribution in [0.1, 0.15) is 19.3 Å². The SMILES string of the molecule is COc1cc(NC(=O)CCS(=O)(=O)c2ccccc2)ccc1N1CCCC1=O. The number of carbonyl (C=O) groups excluding carboxylic acids is 2. The Morgan fingerprint density at radius 1 is 1.18 bits per heavy atom. The normalized spacial score (nSPS) is 14.2. The van der Waals surface area contributed by atoms with Crippen molar-refractivity contribution in [2.24, 2.45) is 0 Å². The van der Waals surface area contributed by atoms with Crippen molar-refractivity contribution in [1.29, 1.82) is 0 Å². The molecule has 1 N–H and O–H groups in total. The van der Waals surface area contributed by atoms with Crippen LogP contribution in [0.15, 0.2) is 53.4 Å². The van der Waals surface area contributed by atoms with Crippen molar-refractivity contribution in [3.63, 3.8) is 0 Å². The standard InChI is InChI=1S/C20H22N2O5S/c1-27-18-14-15(9-10-17(18)22-12-5-8-20(22)24)21-19(23)11-13-28(25,26)16-6-3-2-4-7-16/h2-4,6-7,9-10,14H,5,8,11-13H2,1H3,(H,21,23). The van der Waals surface area contributed by atoms with Crippen molar-refractivity contribution in [1.82, 2.24) is 0 Å². The summed E-state index contributed by atoms with van der Waals surface area (Å²) in [5, 5.41) is 2.68. The summed E-state index contributed by atoms with van der Waals surface area (Å²) in [6, 6.07) is 13.1. The Hall–Kier alpha value is -2.87. The summed E-state index contributed by atoms with van der Waals surface area (Å²) in [4.78, 5) is 26.0. The van der Waals surface area contributed by atoms with E-state index in [2.05, 4.69) is 5.32 Å². The summed E-state index contributed by atoms with van der Waals surface area (Å²) in [7, 11) is -2.02. The predicted octanol–water partition coefficient (Wildman–Crippen LogP) is 2.62. The van der Waals surface area contributed by atoms with Crippen LogP contribution in [0.2, 0.25) is 0 Å². The van der Waals surface area contributed by atoms with E-state index in [1.807, 2.05) is 0 Å². The second-order valence-electron chi connectivity index (χ2n) is 6.47. The summed E-state index contributed by atoms with van der Waals surface area (Å²) < 4.78 is 29.9. The minimum Gasteiger partial charge on any atom is -0.494 e. The minimum atomic E-state index is -3.51. The van der Waals surface area contributed by atoms with E-state index < -0.39 is 15.7 Å². The lowest BCUT2D eigenvalue weighted by molar-refractivity contribution is -0.117. The van der Waals surface area contributed by atoms with Crippen molar-refractivity contribution in [3.8, 4) is 5.75 Å². The fraction of sp³-hybridized carbons (Fsp3) is 0.300. The number of sulfone groups is 1. The van der Waals surface area contributed by atoms with Gasteiger partial charge in [0.05, 0.1) is 23.4 Å². The third kappa shape index (κ3) is 4.51. The quantitative estimate of drug-likeness (QED) is 0.769. The number of benzene rings is 2. The van der Waals surface area contributed by atoms with Crippen LogP contribution in [0.5, 0.6) is 5.75 Å². The molecule has 2 aromatic carbocycles. The first-order valence-electron chi connectivity index (χ1n) is 8.97. The highest BCUT2D eigenvalue weighted by Crippen LogP contribution is 2.33. The van der Waals surface area contributed by atoms with Crippen LogP contribution in [-0.2, 0) is 19.4 Å². The van der Waals surface area contributed by atoms with Crippen LogP contribution in [0.25, 0.3) is 0 Å². The Balaban J connectivity index is 1.65. The summed E-state index contributed by atoms with van der Waals surface area (Å²) >= 11 is 0. The lowest BCUT2D eigenvalue weighted by Gasteiger charge is -2.19. The molecule has 0 spiro atoms. The van der Waals surface area contributed by atoms with E-state index in [-0.39, 0.29) is 23.0 Å². The highest BCUT2D eigenvalue weighted by atomic mass is 32.2. The average molecular weight is 402 g/mol. The lowest BCUT2D eigenvalue weighted by atomic mass is 10.2. The zero-order chi connectivity index (χ0) is 20.1. The first-order chi connectivity index (χ1) is 13.4. The monoisotopic (exact) mass is 402 g/mol. The van der Waals surface area contributed by atoms with Gasteiger partial charge < -0.3 is 15.0 Å². The van der Waals surface area contributed by atoms with E-state index >= 15 is 0 Å². The van der Waals surface area contributed by atoms with Gasteiger partial charge in [-0.05, 0) is 30.7 Å². The molecular formula is C20H22N2O5S. The maximum Gasteiger partial charge on any atom is 0.227 e. The molecule has 1 saturated heterocycles. The number of methoxy groups -OCH3 is 1. The molecule has 1 fully saturated rings. The highest BCUT2D eigenvalue weighted by Gasteiger charge is 2.24. The van der Waals surface area contributed by atoms with Gasteiger partial charge in [0.15, 0.2) is 9.84 Å². The Labute approximate surface area is 164 Å². The molecule has 0 atom stereocenters. The Bertz CT molecular complexity index is 973. The lowest BCUT2D eigenvalue weighted by Crippen LogP contribution is -2.24. The molecule has 0 radical (unpaired) electrons. The Morgan fingerprint density at radius 2 is 1.93 bits per heavy atom. The summed E-state index contributed by atoms with van der Waals surface area (Å²) in [6.07, 6.45) is 1.15. The number of anilines is 2. The number of hydrogen-bond donors (Lipinski definition) is 1. The average Bonchev–Trinajstić information content (AvgIpc) is 3.13. The summed E-state index contributed by atoms with van der Waals surface area (Å²) in [6.45, 7) is 0.637. The van der Waals surface area contributed by atoms with E-state index in [1.54, 1.807) is 41.3 Å². The Morgan fingerprint density at radius 3 is 2.57 bits per heavy atom. The largest absolute Gasteiger partial charge is 0.494 e. The third-order valence-corrected chi connectivity index (χ3v) is 6.26. The van der Waals surface area contributed by atoms with Crippen molar-refractivity contribution in [2.45, 2.75) is 24.2 Å². The molecule has 1 aliphatic rings. The zero-order valence-electron chi connectivity index (χ0n) is 15.6. The molecule has 0 aromatic heterocycles. The van der Waals surface area contributed by atoms with Crippen molar-refractivity contribution >= 4 is 33.0 Å². The second kappa shape index (κ2) is 8.43. The maximum atomic E-state index is 12.3. The van der Waals surface area contributed by atoms with Crippen LogP contribution < -0.4 is 15.0 Å². The number of carbonyl (C=O) groups is 2. The molecule has 1 heterocycles. The van der Waals surface area contributed by atoms with Gasteiger partial charge in [-0.1, -0.05) is 18.2 Å². The third-order valence-electron chi connectivity index (χ3n) is 4.53. The first kappa shape index (κ1) is 19.9. The summed E-state index contributed by atoms with van der Waals surface area (Å²) in [5.41, 5.74) is 1.14. The smallest absolute Gasteiger partial charge is 0.227 e. The van der Waals surface area contributed by atoms with Crippen LogP contribution in [-0.4, -0.2) is 39.6 Å². The van der Waals surface area contributed by atoms with Crippen molar-refractivity contribution in [2.75, 3.05) is 29.6 Å². The van der Waals surface area contributed by atoms with Gasteiger partial charge in [0.2, 0.25) is 11.8 Å². The topological polar surface area (TPSA) is 92.8 Å².